The second-order valence-corrected chi connectivity index (χ2v) is 6.49. The van der Waals surface area contributed by atoms with E-state index in [1.165, 1.54) is 30.2 Å². The van der Waals surface area contributed by atoms with E-state index in [9.17, 15) is 4.79 Å². The van der Waals surface area contributed by atoms with Crippen LogP contribution in [0.1, 0.15) is 31.2 Å². The average Bonchev–Trinajstić information content (AvgIpc) is 3.17. The maximum atomic E-state index is 12.0. The highest BCUT2D eigenvalue weighted by Gasteiger charge is 2.18. The van der Waals surface area contributed by atoms with Crippen LogP contribution < -0.4 is 5.32 Å². The minimum atomic E-state index is 0.0513. The van der Waals surface area contributed by atoms with Gasteiger partial charge in [0.25, 0.3) is 0 Å². The molecule has 1 aliphatic carbocycles. The number of hydrogen-bond donors (Lipinski definition) is 1. The molecule has 0 radical (unpaired) electrons. The molecule has 0 atom stereocenters. The van der Waals surface area contributed by atoms with E-state index < -0.39 is 0 Å². The first kappa shape index (κ1) is 15.0. The Kier molecular flexibility index (Phi) is 4.72. The lowest BCUT2D eigenvalue weighted by Gasteiger charge is -2.11. The summed E-state index contributed by atoms with van der Waals surface area (Å²) in [6.07, 6.45) is 4.61. The number of aromatic nitrogens is 4. The van der Waals surface area contributed by atoms with Gasteiger partial charge in [0.1, 0.15) is 0 Å². The van der Waals surface area contributed by atoms with Crippen molar-refractivity contribution in [2.24, 2.45) is 0 Å². The molecule has 1 heterocycles. The molecule has 1 saturated carbocycles. The summed E-state index contributed by atoms with van der Waals surface area (Å²) in [7, 11) is 0. The zero-order valence-electron chi connectivity index (χ0n) is 12.5. The van der Waals surface area contributed by atoms with E-state index in [1.807, 2.05) is 31.2 Å². The lowest BCUT2D eigenvalue weighted by Crippen LogP contribution is -2.33. The van der Waals surface area contributed by atoms with Crippen LogP contribution in [0.2, 0.25) is 0 Å². The second kappa shape index (κ2) is 6.91. The highest BCUT2D eigenvalue weighted by molar-refractivity contribution is 7.99. The Morgan fingerprint density at radius 1 is 1.32 bits per heavy atom. The molecule has 1 N–H and O–H groups in total. The molecule has 1 aliphatic rings. The van der Waals surface area contributed by atoms with Crippen molar-refractivity contribution in [2.75, 3.05) is 5.75 Å². The summed E-state index contributed by atoms with van der Waals surface area (Å²) in [5.74, 6) is 0.387. The molecule has 116 valence electrons. The number of aryl methyl sites for hydroxylation is 1. The molecule has 1 amide bonds. The summed E-state index contributed by atoms with van der Waals surface area (Å²) >= 11 is 1.36. The number of thioether (sulfide) groups is 1. The van der Waals surface area contributed by atoms with Gasteiger partial charge in [0.2, 0.25) is 11.1 Å². The van der Waals surface area contributed by atoms with Crippen LogP contribution in [0.25, 0.3) is 5.69 Å². The van der Waals surface area contributed by atoms with Crippen molar-refractivity contribution in [3.8, 4) is 5.69 Å². The van der Waals surface area contributed by atoms with E-state index in [4.69, 9.17) is 0 Å². The van der Waals surface area contributed by atoms with Gasteiger partial charge >= 0.3 is 0 Å². The Morgan fingerprint density at radius 2 is 2.05 bits per heavy atom. The average molecular weight is 317 g/mol. The minimum absolute atomic E-state index is 0.0513. The Labute approximate surface area is 133 Å². The number of carbonyl (C=O) groups is 1. The third-order valence-electron chi connectivity index (χ3n) is 3.77. The standard InChI is InChI=1S/C15H19N5OS/c1-11-6-8-13(9-7-11)20-15(17-18-19-20)22-10-14(21)16-12-4-2-3-5-12/h6-9,12H,2-5,10H2,1H3,(H,16,21). The third-order valence-corrected chi connectivity index (χ3v) is 4.69. The number of benzene rings is 1. The topological polar surface area (TPSA) is 72.7 Å². The largest absolute Gasteiger partial charge is 0.353 e. The first-order valence-electron chi connectivity index (χ1n) is 7.50. The molecule has 0 saturated heterocycles. The predicted molar refractivity (Wildman–Crippen MR) is 85.0 cm³/mol. The van der Waals surface area contributed by atoms with Crippen molar-refractivity contribution in [1.82, 2.24) is 25.5 Å². The van der Waals surface area contributed by atoms with Crippen LogP contribution in [0, 0.1) is 6.92 Å². The van der Waals surface area contributed by atoms with Crippen LogP contribution in [0.15, 0.2) is 29.4 Å². The van der Waals surface area contributed by atoms with E-state index >= 15 is 0 Å². The maximum absolute atomic E-state index is 12.0. The molecule has 6 nitrogen and oxygen atoms in total. The monoisotopic (exact) mass is 317 g/mol. The molecule has 1 fully saturated rings. The molecule has 0 spiro atoms. The number of tetrazole rings is 1. The van der Waals surface area contributed by atoms with E-state index in [2.05, 4.69) is 20.8 Å². The van der Waals surface area contributed by atoms with Crippen LogP contribution >= 0.6 is 11.8 Å². The molecular formula is C15H19N5OS. The van der Waals surface area contributed by atoms with Crippen LogP contribution in [-0.2, 0) is 4.79 Å². The number of rotatable bonds is 5. The fourth-order valence-corrected chi connectivity index (χ4v) is 3.29. The summed E-state index contributed by atoms with van der Waals surface area (Å²) in [4.78, 5) is 12.0. The van der Waals surface area contributed by atoms with Crippen molar-refractivity contribution < 1.29 is 4.79 Å². The molecule has 22 heavy (non-hydrogen) atoms. The van der Waals surface area contributed by atoms with Gasteiger partial charge in [0.15, 0.2) is 0 Å². The Morgan fingerprint density at radius 3 is 2.77 bits per heavy atom. The third kappa shape index (κ3) is 3.65. The number of nitrogens with one attached hydrogen (secondary N) is 1. The van der Waals surface area contributed by atoms with Gasteiger partial charge < -0.3 is 5.32 Å². The molecular weight excluding hydrogens is 298 g/mol. The molecule has 0 bridgehead atoms. The Hall–Kier alpha value is -1.89. The maximum Gasteiger partial charge on any atom is 0.230 e. The molecule has 2 aromatic rings. The van der Waals surface area contributed by atoms with E-state index in [1.54, 1.807) is 4.68 Å². The van der Waals surface area contributed by atoms with Crippen molar-refractivity contribution in [1.29, 1.82) is 0 Å². The van der Waals surface area contributed by atoms with Gasteiger partial charge in [-0.05, 0) is 42.3 Å². The smallest absolute Gasteiger partial charge is 0.230 e. The van der Waals surface area contributed by atoms with Crippen LogP contribution in [-0.4, -0.2) is 37.9 Å². The first-order valence-corrected chi connectivity index (χ1v) is 8.48. The molecule has 0 aliphatic heterocycles. The van der Waals surface area contributed by atoms with Crippen molar-refractivity contribution >= 4 is 17.7 Å². The van der Waals surface area contributed by atoms with Crippen LogP contribution in [0.3, 0.4) is 0 Å². The highest BCUT2D eigenvalue weighted by Crippen LogP contribution is 2.20. The van der Waals surface area contributed by atoms with E-state index in [0.29, 0.717) is 17.0 Å². The number of amides is 1. The van der Waals surface area contributed by atoms with Crippen molar-refractivity contribution in [2.45, 2.75) is 43.8 Å². The quantitative estimate of drug-likeness (QED) is 0.855. The van der Waals surface area contributed by atoms with Crippen molar-refractivity contribution in [3.63, 3.8) is 0 Å². The predicted octanol–water partition coefficient (Wildman–Crippen LogP) is 2.12. The molecule has 1 aromatic heterocycles. The van der Waals surface area contributed by atoms with Gasteiger partial charge in [-0.1, -0.05) is 42.3 Å². The van der Waals surface area contributed by atoms with Gasteiger partial charge in [-0.2, -0.15) is 4.68 Å². The Bertz CT molecular complexity index is 634. The fraction of sp³-hybridized carbons (Fsp3) is 0.467. The fourth-order valence-electron chi connectivity index (χ4n) is 2.59. The first-order chi connectivity index (χ1) is 10.7. The number of carbonyl (C=O) groups excluding carboxylic acids is 1. The van der Waals surface area contributed by atoms with Gasteiger partial charge in [-0.25, -0.2) is 0 Å². The minimum Gasteiger partial charge on any atom is -0.353 e. The lowest BCUT2D eigenvalue weighted by molar-refractivity contribution is -0.119. The van der Waals surface area contributed by atoms with Crippen LogP contribution in [0.4, 0.5) is 0 Å². The SMILES string of the molecule is Cc1ccc(-n2nnnc2SCC(=O)NC2CCCC2)cc1. The van der Waals surface area contributed by atoms with Crippen LogP contribution in [0.5, 0.6) is 0 Å². The normalized spacial score (nSPS) is 15.1. The lowest BCUT2D eigenvalue weighted by atomic mass is 10.2. The summed E-state index contributed by atoms with van der Waals surface area (Å²) in [5, 5.41) is 15.4. The summed E-state index contributed by atoms with van der Waals surface area (Å²) in [5.41, 5.74) is 2.08. The molecule has 0 unspecified atom stereocenters. The second-order valence-electron chi connectivity index (χ2n) is 5.55. The summed E-state index contributed by atoms with van der Waals surface area (Å²) in [6, 6.07) is 8.31. The van der Waals surface area contributed by atoms with E-state index in [-0.39, 0.29) is 5.91 Å². The summed E-state index contributed by atoms with van der Waals surface area (Å²) < 4.78 is 1.66. The molecule has 7 heteroatoms. The zero-order chi connectivity index (χ0) is 15.4. The molecule has 3 rings (SSSR count). The Balaban J connectivity index is 1.60. The molecule has 1 aromatic carbocycles. The summed E-state index contributed by atoms with van der Waals surface area (Å²) in [6.45, 7) is 2.03. The van der Waals surface area contributed by atoms with Gasteiger partial charge in [0.05, 0.1) is 11.4 Å². The zero-order valence-corrected chi connectivity index (χ0v) is 13.3. The van der Waals surface area contributed by atoms with Gasteiger partial charge in [-0.15, -0.1) is 5.10 Å². The number of hydrogen-bond acceptors (Lipinski definition) is 5. The van der Waals surface area contributed by atoms with Gasteiger partial charge in [0, 0.05) is 6.04 Å². The van der Waals surface area contributed by atoms with Gasteiger partial charge in [-0.3, -0.25) is 4.79 Å². The highest BCUT2D eigenvalue weighted by atomic mass is 32.2. The van der Waals surface area contributed by atoms with Crippen molar-refractivity contribution in [3.05, 3.63) is 29.8 Å². The van der Waals surface area contributed by atoms with E-state index in [0.717, 1.165) is 18.5 Å². The number of nitrogens with zero attached hydrogens (tertiary/aromatic N) is 4.